The van der Waals surface area contributed by atoms with E-state index in [9.17, 15) is 4.79 Å². The summed E-state index contributed by atoms with van der Waals surface area (Å²) in [4.78, 5) is 15.4. The molecule has 1 saturated heterocycles. The average molecular weight is 419 g/mol. The number of anilines is 1. The van der Waals surface area contributed by atoms with Crippen LogP contribution in [0.3, 0.4) is 0 Å². The lowest BCUT2D eigenvalue weighted by molar-refractivity contribution is -0.137. The highest BCUT2D eigenvalue weighted by Gasteiger charge is 2.16. The highest BCUT2D eigenvalue weighted by atomic mass is 35.5. The van der Waals surface area contributed by atoms with Crippen LogP contribution < -0.4 is 9.64 Å². The third kappa shape index (κ3) is 7.95. The van der Waals surface area contributed by atoms with Crippen molar-refractivity contribution in [3.63, 3.8) is 0 Å². The standard InChI is InChI=1S/C23H30N2O3.ClH/c26-23(27)9-5-4-6-20-10-12-22(13-11-20)28-19-18-24-14-16-25(17-15-24)21-7-2-1-3-8-21;/h1-3,7-8,10-13H,4-6,9,14-19H2,(H,26,27);1H. The molecular formula is C23H31ClN2O3. The monoisotopic (exact) mass is 418 g/mol. The molecule has 2 aromatic rings. The van der Waals surface area contributed by atoms with E-state index in [2.05, 4.69) is 52.3 Å². The molecule has 0 aromatic heterocycles. The quantitative estimate of drug-likeness (QED) is 0.588. The molecule has 0 bridgehead atoms. The van der Waals surface area contributed by atoms with Crippen LogP contribution in [0.2, 0.25) is 0 Å². The minimum absolute atomic E-state index is 0. The number of carboxylic acid groups (broad SMARTS) is 1. The first-order chi connectivity index (χ1) is 13.7. The van der Waals surface area contributed by atoms with Gasteiger partial charge in [-0.15, -0.1) is 12.4 Å². The van der Waals surface area contributed by atoms with E-state index in [0.29, 0.717) is 6.61 Å². The molecule has 3 rings (SSSR count). The summed E-state index contributed by atoms with van der Waals surface area (Å²) in [5.74, 6) is 0.183. The van der Waals surface area contributed by atoms with Crippen molar-refractivity contribution in [3.8, 4) is 5.75 Å². The lowest BCUT2D eigenvalue weighted by Gasteiger charge is -2.36. The Kier molecular flexibility index (Phi) is 9.81. The van der Waals surface area contributed by atoms with E-state index in [1.165, 1.54) is 11.3 Å². The fraction of sp³-hybridized carbons (Fsp3) is 0.435. The molecule has 5 nitrogen and oxygen atoms in total. The highest BCUT2D eigenvalue weighted by Crippen LogP contribution is 2.16. The Morgan fingerprint density at radius 2 is 1.62 bits per heavy atom. The van der Waals surface area contributed by atoms with Gasteiger partial charge in [0.25, 0.3) is 0 Å². The van der Waals surface area contributed by atoms with Crippen LogP contribution in [0.5, 0.6) is 5.75 Å². The second-order valence-corrected chi connectivity index (χ2v) is 7.26. The molecule has 1 aliphatic heterocycles. The number of hydrogen-bond acceptors (Lipinski definition) is 4. The lowest BCUT2D eigenvalue weighted by Crippen LogP contribution is -2.47. The molecule has 1 heterocycles. The summed E-state index contributed by atoms with van der Waals surface area (Å²) < 4.78 is 5.90. The molecule has 2 aromatic carbocycles. The zero-order valence-corrected chi connectivity index (χ0v) is 17.7. The third-order valence-corrected chi connectivity index (χ3v) is 5.20. The minimum atomic E-state index is -0.717. The lowest BCUT2D eigenvalue weighted by atomic mass is 10.1. The van der Waals surface area contributed by atoms with Gasteiger partial charge in [0.15, 0.2) is 0 Å². The Hall–Kier alpha value is -2.24. The van der Waals surface area contributed by atoms with E-state index in [1.807, 2.05) is 12.1 Å². The van der Waals surface area contributed by atoms with E-state index in [4.69, 9.17) is 9.84 Å². The first kappa shape index (κ1) is 23.0. The molecule has 1 aliphatic rings. The van der Waals surface area contributed by atoms with Gasteiger partial charge in [-0.3, -0.25) is 9.69 Å². The van der Waals surface area contributed by atoms with Gasteiger partial charge in [0.1, 0.15) is 12.4 Å². The minimum Gasteiger partial charge on any atom is -0.492 e. The van der Waals surface area contributed by atoms with E-state index < -0.39 is 5.97 Å². The SMILES string of the molecule is Cl.O=C(O)CCCCc1ccc(OCCN2CCN(c3ccccc3)CC2)cc1. The smallest absolute Gasteiger partial charge is 0.303 e. The fourth-order valence-electron chi connectivity index (χ4n) is 3.52. The van der Waals surface area contributed by atoms with Gasteiger partial charge < -0.3 is 14.7 Å². The number of hydrogen-bond donors (Lipinski definition) is 1. The number of rotatable bonds is 10. The van der Waals surface area contributed by atoms with E-state index in [-0.39, 0.29) is 18.8 Å². The molecule has 158 valence electrons. The second-order valence-electron chi connectivity index (χ2n) is 7.26. The van der Waals surface area contributed by atoms with Crippen LogP contribution in [0.15, 0.2) is 54.6 Å². The first-order valence-electron chi connectivity index (χ1n) is 10.2. The molecule has 1 N–H and O–H groups in total. The Morgan fingerprint density at radius 3 is 2.28 bits per heavy atom. The average Bonchev–Trinajstić information content (AvgIpc) is 2.73. The summed E-state index contributed by atoms with van der Waals surface area (Å²) in [5, 5.41) is 8.67. The van der Waals surface area contributed by atoms with Crippen LogP contribution in [0.1, 0.15) is 24.8 Å². The molecule has 0 spiro atoms. The van der Waals surface area contributed by atoms with Gasteiger partial charge >= 0.3 is 5.97 Å². The normalized spacial score (nSPS) is 14.3. The Bertz CT molecular complexity index is 717. The maximum absolute atomic E-state index is 10.5. The molecule has 0 radical (unpaired) electrons. The largest absolute Gasteiger partial charge is 0.492 e. The predicted octanol–water partition coefficient (Wildman–Crippen LogP) is 4.11. The number of carboxylic acids is 1. The Balaban J connectivity index is 0.00000300. The van der Waals surface area contributed by atoms with Crippen molar-refractivity contribution in [2.45, 2.75) is 25.7 Å². The molecule has 29 heavy (non-hydrogen) atoms. The van der Waals surface area contributed by atoms with Gasteiger partial charge in [-0.25, -0.2) is 0 Å². The molecule has 0 amide bonds. The maximum Gasteiger partial charge on any atom is 0.303 e. The van der Waals surface area contributed by atoms with Crippen molar-refractivity contribution in [1.82, 2.24) is 4.90 Å². The topological polar surface area (TPSA) is 53.0 Å². The second kappa shape index (κ2) is 12.3. The summed E-state index contributed by atoms with van der Waals surface area (Å²) in [7, 11) is 0. The van der Waals surface area contributed by atoms with Crippen molar-refractivity contribution >= 4 is 24.1 Å². The zero-order valence-electron chi connectivity index (χ0n) is 16.8. The summed E-state index contributed by atoms with van der Waals surface area (Å²) in [6.45, 7) is 5.88. The first-order valence-corrected chi connectivity index (χ1v) is 10.2. The van der Waals surface area contributed by atoms with Crippen LogP contribution in [-0.2, 0) is 11.2 Å². The molecule has 0 atom stereocenters. The number of para-hydroxylation sites is 1. The number of aliphatic carboxylic acids is 1. The van der Waals surface area contributed by atoms with Gasteiger partial charge in [-0.05, 0) is 49.1 Å². The molecule has 0 unspecified atom stereocenters. The van der Waals surface area contributed by atoms with Crippen LogP contribution in [0.25, 0.3) is 0 Å². The third-order valence-electron chi connectivity index (χ3n) is 5.20. The van der Waals surface area contributed by atoms with Gasteiger partial charge in [0.05, 0.1) is 0 Å². The van der Waals surface area contributed by atoms with Gasteiger partial charge in [-0.1, -0.05) is 30.3 Å². The van der Waals surface area contributed by atoms with Crippen molar-refractivity contribution < 1.29 is 14.6 Å². The van der Waals surface area contributed by atoms with Crippen molar-refractivity contribution in [2.24, 2.45) is 0 Å². The number of halogens is 1. The maximum atomic E-state index is 10.5. The summed E-state index contributed by atoms with van der Waals surface area (Å²) in [6, 6.07) is 18.8. The van der Waals surface area contributed by atoms with Crippen LogP contribution in [0.4, 0.5) is 5.69 Å². The molecule has 0 aliphatic carbocycles. The number of ether oxygens (including phenoxy) is 1. The summed E-state index contributed by atoms with van der Waals surface area (Å²) >= 11 is 0. The summed E-state index contributed by atoms with van der Waals surface area (Å²) in [6.07, 6.45) is 2.80. The number of unbranched alkanes of at least 4 members (excludes halogenated alkanes) is 1. The molecule has 1 fully saturated rings. The van der Waals surface area contributed by atoms with Gasteiger partial charge in [0.2, 0.25) is 0 Å². The van der Waals surface area contributed by atoms with E-state index >= 15 is 0 Å². The highest BCUT2D eigenvalue weighted by molar-refractivity contribution is 5.85. The molecular weight excluding hydrogens is 388 g/mol. The van der Waals surface area contributed by atoms with Crippen molar-refractivity contribution in [3.05, 3.63) is 60.2 Å². The number of piperazine rings is 1. The number of nitrogens with zero attached hydrogens (tertiary/aromatic N) is 2. The van der Waals surface area contributed by atoms with Crippen LogP contribution in [0, 0.1) is 0 Å². The Labute approximate surface area is 179 Å². The number of carbonyl (C=O) groups is 1. The summed E-state index contributed by atoms with van der Waals surface area (Å²) in [5.41, 5.74) is 2.54. The van der Waals surface area contributed by atoms with Crippen LogP contribution >= 0.6 is 12.4 Å². The molecule has 0 saturated carbocycles. The van der Waals surface area contributed by atoms with Crippen molar-refractivity contribution in [1.29, 1.82) is 0 Å². The molecule has 6 heteroatoms. The predicted molar refractivity (Wildman–Crippen MR) is 119 cm³/mol. The zero-order chi connectivity index (χ0) is 19.6. The van der Waals surface area contributed by atoms with Gasteiger partial charge in [-0.2, -0.15) is 0 Å². The number of aryl methyl sites for hydroxylation is 1. The number of benzene rings is 2. The van der Waals surface area contributed by atoms with E-state index in [1.54, 1.807) is 0 Å². The van der Waals surface area contributed by atoms with E-state index in [0.717, 1.165) is 57.7 Å². The Morgan fingerprint density at radius 1 is 0.931 bits per heavy atom. The van der Waals surface area contributed by atoms with Crippen molar-refractivity contribution in [2.75, 3.05) is 44.2 Å². The van der Waals surface area contributed by atoms with Gasteiger partial charge in [0, 0.05) is 44.8 Å². The van der Waals surface area contributed by atoms with Crippen LogP contribution in [-0.4, -0.2) is 55.3 Å². The fourth-order valence-corrected chi connectivity index (χ4v) is 3.52.